The third kappa shape index (κ3) is 3.78. The molecule has 8 heteroatoms. The predicted molar refractivity (Wildman–Crippen MR) is 105 cm³/mol. The van der Waals surface area contributed by atoms with E-state index in [1.54, 1.807) is 18.2 Å². The summed E-state index contributed by atoms with van der Waals surface area (Å²) in [6, 6.07) is 14.8. The zero-order valence-electron chi connectivity index (χ0n) is 14.8. The van der Waals surface area contributed by atoms with Gasteiger partial charge in [-0.15, -0.1) is 12.4 Å². The number of sulfonamides is 1. The summed E-state index contributed by atoms with van der Waals surface area (Å²) >= 11 is 0. The highest BCUT2D eigenvalue weighted by atomic mass is 35.5. The summed E-state index contributed by atoms with van der Waals surface area (Å²) in [5.41, 5.74) is 7.07. The molecule has 0 saturated carbocycles. The van der Waals surface area contributed by atoms with Crippen LogP contribution in [-0.4, -0.2) is 45.6 Å². The summed E-state index contributed by atoms with van der Waals surface area (Å²) < 4.78 is 38.8. The Labute approximate surface area is 165 Å². The molecule has 1 fully saturated rings. The molecular formula is C19H23ClN2O4S. The Hall–Kier alpha value is -1.80. The minimum atomic E-state index is -3.61. The number of hydrogen-bond donors (Lipinski definition) is 1. The third-order valence-electron chi connectivity index (χ3n) is 5.09. The van der Waals surface area contributed by atoms with Gasteiger partial charge in [0.2, 0.25) is 10.0 Å². The average Bonchev–Trinajstić information content (AvgIpc) is 3.13. The van der Waals surface area contributed by atoms with Crippen LogP contribution < -0.4 is 15.2 Å². The van der Waals surface area contributed by atoms with Crippen LogP contribution in [0, 0.1) is 5.92 Å². The molecule has 2 N–H and O–H groups in total. The van der Waals surface area contributed by atoms with E-state index in [1.165, 1.54) is 4.31 Å². The Balaban J connectivity index is 0.00000210. The lowest BCUT2D eigenvalue weighted by Gasteiger charge is -2.21. The van der Waals surface area contributed by atoms with Gasteiger partial charge in [-0.2, -0.15) is 4.31 Å². The van der Waals surface area contributed by atoms with E-state index in [4.69, 9.17) is 15.2 Å². The molecule has 27 heavy (non-hydrogen) atoms. The van der Waals surface area contributed by atoms with Crippen molar-refractivity contribution in [3.63, 3.8) is 0 Å². The molecule has 146 valence electrons. The van der Waals surface area contributed by atoms with E-state index in [1.807, 2.05) is 30.3 Å². The summed E-state index contributed by atoms with van der Waals surface area (Å²) in [6.07, 6.45) is 0. The maximum atomic E-state index is 13.1. The summed E-state index contributed by atoms with van der Waals surface area (Å²) in [5.74, 6) is 1.27. The van der Waals surface area contributed by atoms with Gasteiger partial charge in [-0.25, -0.2) is 8.42 Å². The summed E-state index contributed by atoms with van der Waals surface area (Å²) in [7, 11) is -3.61. The van der Waals surface area contributed by atoms with Crippen LogP contribution in [0.4, 0.5) is 0 Å². The second kappa shape index (κ2) is 8.06. The van der Waals surface area contributed by atoms with Crippen molar-refractivity contribution >= 4 is 22.4 Å². The third-order valence-corrected chi connectivity index (χ3v) is 6.92. The van der Waals surface area contributed by atoms with E-state index >= 15 is 0 Å². The van der Waals surface area contributed by atoms with Crippen molar-refractivity contribution in [3.8, 4) is 11.5 Å². The highest BCUT2D eigenvalue weighted by molar-refractivity contribution is 7.89. The maximum absolute atomic E-state index is 13.1. The lowest BCUT2D eigenvalue weighted by atomic mass is 9.89. The lowest BCUT2D eigenvalue weighted by molar-refractivity contribution is 0.171. The lowest BCUT2D eigenvalue weighted by Crippen LogP contribution is -2.30. The Morgan fingerprint density at radius 1 is 1.00 bits per heavy atom. The van der Waals surface area contributed by atoms with Crippen molar-refractivity contribution in [1.29, 1.82) is 0 Å². The fourth-order valence-electron chi connectivity index (χ4n) is 3.68. The van der Waals surface area contributed by atoms with Crippen molar-refractivity contribution in [2.45, 2.75) is 10.8 Å². The van der Waals surface area contributed by atoms with Gasteiger partial charge in [-0.1, -0.05) is 30.3 Å². The average molecular weight is 411 g/mol. The molecule has 0 aromatic heterocycles. The number of hydrogen-bond acceptors (Lipinski definition) is 5. The summed E-state index contributed by atoms with van der Waals surface area (Å²) in [4.78, 5) is 0.228. The van der Waals surface area contributed by atoms with Crippen molar-refractivity contribution in [1.82, 2.24) is 4.31 Å². The minimum Gasteiger partial charge on any atom is -0.486 e. The second-order valence-corrected chi connectivity index (χ2v) is 8.58. The minimum absolute atomic E-state index is 0. The molecule has 0 amide bonds. The molecule has 0 unspecified atom stereocenters. The Bertz CT molecular complexity index is 892. The molecule has 4 rings (SSSR count). The van der Waals surface area contributed by atoms with Gasteiger partial charge in [0, 0.05) is 25.1 Å². The molecule has 0 radical (unpaired) electrons. The molecule has 2 aliphatic heterocycles. The Kier molecular flexibility index (Phi) is 5.95. The molecule has 0 aliphatic carbocycles. The van der Waals surface area contributed by atoms with Crippen molar-refractivity contribution in [3.05, 3.63) is 54.1 Å². The first-order valence-electron chi connectivity index (χ1n) is 8.74. The molecule has 2 aliphatic rings. The van der Waals surface area contributed by atoms with Crippen LogP contribution in [0.5, 0.6) is 11.5 Å². The quantitative estimate of drug-likeness (QED) is 0.835. The van der Waals surface area contributed by atoms with Gasteiger partial charge in [0.1, 0.15) is 13.2 Å². The standard InChI is InChI=1S/C19H22N2O4S.ClH/c20-11-15-12-21(13-17(15)14-4-2-1-3-5-14)26(22,23)16-6-7-18-19(10-16)25-9-8-24-18;/h1-7,10,15,17H,8-9,11-13,20H2;1H/t15-,17+;/m1./s1. The van der Waals surface area contributed by atoms with Gasteiger partial charge in [0.15, 0.2) is 11.5 Å². The molecule has 0 bridgehead atoms. The molecule has 2 heterocycles. The van der Waals surface area contributed by atoms with Crippen LogP contribution in [0.3, 0.4) is 0 Å². The first-order chi connectivity index (χ1) is 12.6. The number of ether oxygens (including phenoxy) is 2. The van der Waals surface area contributed by atoms with E-state index in [-0.39, 0.29) is 29.1 Å². The topological polar surface area (TPSA) is 81.9 Å². The van der Waals surface area contributed by atoms with Gasteiger partial charge >= 0.3 is 0 Å². The highest BCUT2D eigenvalue weighted by Crippen LogP contribution is 2.37. The first kappa shape index (κ1) is 19.9. The second-order valence-electron chi connectivity index (χ2n) is 6.64. The van der Waals surface area contributed by atoms with Crippen LogP contribution in [0.1, 0.15) is 11.5 Å². The fourth-order valence-corrected chi connectivity index (χ4v) is 5.22. The highest BCUT2D eigenvalue weighted by Gasteiger charge is 2.39. The van der Waals surface area contributed by atoms with E-state index < -0.39 is 10.0 Å². The predicted octanol–water partition coefficient (Wildman–Crippen LogP) is 2.24. The molecule has 1 saturated heterocycles. The van der Waals surface area contributed by atoms with Crippen LogP contribution >= 0.6 is 12.4 Å². The maximum Gasteiger partial charge on any atom is 0.243 e. The molecule has 2 atom stereocenters. The largest absolute Gasteiger partial charge is 0.486 e. The number of nitrogens with zero attached hydrogens (tertiary/aromatic N) is 1. The zero-order valence-corrected chi connectivity index (χ0v) is 16.4. The van der Waals surface area contributed by atoms with E-state index in [0.29, 0.717) is 44.3 Å². The molecule has 2 aromatic carbocycles. The van der Waals surface area contributed by atoms with Gasteiger partial charge in [-0.3, -0.25) is 0 Å². The smallest absolute Gasteiger partial charge is 0.243 e. The number of benzene rings is 2. The van der Waals surface area contributed by atoms with Crippen LogP contribution in [-0.2, 0) is 10.0 Å². The van der Waals surface area contributed by atoms with Crippen LogP contribution in [0.2, 0.25) is 0 Å². The van der Waals surface area contributed by atoms with Gasteiger partial charge in [-0.05, 0) is 30.2 Å². The number of halogens is 1. The molecule has 2 aromatic rings. The number of fused-ring (bicyclic) bond motifs is 1. The number of nitrogens with two attached hydrogens (primary N) is 1. The normalized spacial score (nSPS) is 22.3. The molecule has 6 nitrogen and oxygen atoms in total. The fraction of sp³-hybridized carbons (Fsp3) is 0.368. The van der Waals surface area contributed by atoms with E-state index in [2.05, 4.69) is 0 Å². The summed E-state index contributed by atoms with van der Waals surface area (Å²) in [5, 5.41) is 0. The molecule has 0 spiro atoms. The van der Waals surface area contributed by atoms with Crippen LogP contribution in [0.15, 0.2) is 53.4 Å². The SMILES string of the molecule is Cl.NC[C@@H]1CN(S(=O)(=O)c2ccc3c(c2)OCCO3)C[C@H]1c1ccccc1. The first-order valence-corrected chi connectivity index (χ1v) is 10.2. The van der Waals surface area contributed by atoms with Crippen molar-refractivity contribution in [2.24, 2.45) is 11.7 Å². The van der Waals surface area contributed by atoms with E-state index in [0.717, 1.165) is 5.56 Å². The van der Waals surface area contributed by atoms with Gasteiger partial charge in [0.05, 0.1) is 4.90 Å². The Morgan fingerprint density at radius 2 is 1.70 bits per heavy atom. The van der Waals surface area contributed by atoms with Gasteiger partial charge in [0.25, 0.3) is 0 Å². The monoisotopic (exact) mass is 410 g/mol. The van der Waals surface area contributed by atoms with Crippen molar-refractivity contribution < 1.29 is 17.9 Å². The van der Waals surface area contributed by atoms with Crippen molar-refractivity contribution in [2.75, 3.05) is 32.8 Å². The number of rotatable bonds is 4. The van der Waals surface area contributed by atoms with Crippen LogP contribution in [0.25, 0.3) is 0 Å². The Morgan fingerprint density at radius 3 is 2.41 bits per heavy atom. The molecular weight excluding hydrogens is 388 g/mol. The zero-order chi connectivity index (χ0) is 18.1. The van der Waals surface area contributed by atoms with Gasteiger partial charge < -0.3 is 15.2 Å². The van der Waals surface area contributed by atoms with E-state index in [9.17, 15) is 8.42 Å². The summed E-state index contributed by atoms with van der Waals surface area (Å²) in [6.45, 7) is 2.20.